The van der Waals surface area contributed by atoms with Crippen molar-refractivity contribution in [3.63, 3.8) is 0 Å². The highest BCUT2D eigenvalue weighted by molar-refractivity contribution is 5.87. The molecule has 0 unspecified atom stereocenters. The lowest BCUT2D eigenvalue weighted by atomic mass is 10.2. The lowest BCUT2D eigenvalue weighted by molar-refractivity contribution is -0.137. The third-order valence-corrected chi connectivity index (χ3v) is 3.07. The highest BCUT2D eigenvalue weighted by Gasteiger charge is 2.27. The zero-order valence-corrected chi connectivity index (χ0v) is 11.5. The van der Waals surface area contributed by atoms with Gasteiger partial charge in [0.05, 0.1) is 12.6 Å². The van der Waals surface area contributed by atoms with E-state index >= 15 is 0 Å². The first kappa shape index (κ1) is 15.0. The summed E-state index contributed by atoms with van der Waals surface area (Å²) in [5.41, 5.74) is 0. The smallest absolute Gasteiger partial charge is 0.240 e. The minimum Gasteiger partial charge on any atom is -0.355 e. The number of nitrogens with one attached hydrogen (secondary N) is 2. The molecule has 0 aromatic heterocycles. The molecular formula is C13H25N3O2. The van der Waals surface area contributed by atoms with Crippen molar-refractivity contribution in [1.29, 1.82) is 0 Å². The van der Waals surface area contributed by atoms with Crippen LogP contribution in [-0.2, 0) is 9.59 Å². The second kappa shape index (κ2) is 8.08. The number of hydrogen-bond acceptors (Lipinski definition) is 3. The van der Waals surface area contributed by atoms with Gasteiger partial charge in [0.15, 0.2) is 0 Å². The van der Waals surface area contributed by atoms with Crippen LogP contribution in [0.5, 0.6) is 0 Å². The molecule has 1 aliphatic rings. The summed E-state index contributed by atoms with van der Waals surface area (Å²) in [5, 5.41) is 6.00. The summed E-state index contributed by atoms with van der Waals surface area (Å²) in [5.74, 6) is 0.0117. The predicted octanol–water partition coefficient (Wildman–Crippen LogP) is 0.503. The van der Waals surface area contributed by atoms with E-state index in [9.17, 15) is 9.59 Å². The van der Waals surface area contributed by atoms with Gasteiger partial charge in [0, 0.05) is 13.1 Å². The minimum absolute atomic E-state index is 0.0587. The Labute approximate surface area is 109 Å². The fraction of sp³-hybridized carbons (Fsp3) is 0.846. The Bertz CT molecular complexity index is 275. The number of amides is 2. The van der Waals surface area contributed by atoms with E-state index in [1.54, 1.807) is 4.90 Å². The molecular weight excluding hydrogens is 230 g/mol. The molecule has 0 aliphatic carbocycles. The summed E-state index contributed by atoms with van der Waals surface area (Å²) >= 11 is 0. The predicted molar refractivity (Wildman–Crippen MR) is 71.2 cm³/mol. The fourth-order valence-electron chi connectivity index (χ4n) is 2.15. The van der Waals surface area contributed by atoms with Crippen LogP contribution in [0.3, 0.4) is 0 Å². The van der Waals surface area contributed by atoms with Gasteiger partial charge in [0.2, 0.25) is 11.8 Å². The van der Waals surface area contributed by atoms with Gasteiger partial charge in [-0.2, -0.15) is 0 Å². The van der Waals surface area contributed by atoms with Gasteiger partial charge in [0.1, 0.15) is 0 Å². The monoisotopic (exact) mass is 255 g/mol. The van der Waals surface area contributed by atoms with Crippen molar-refractivity contribution in [2.45, 2.75) is 45.6 Å². The molecule has 0 bridgehead atoms. The van der Waals surface area contributed by atoms with E-state index in [2.05, 4.69) is 10.6 Å². The number of nitrogens with zero attached hydrogens (tertiary/aromatic N) is 1. The molecule has 1 rings (SSSR count). The normalized spacial score (nSPS) is 18.7. The Morgan fingerprint density at radius 3 is 2.67 bits per heavy atom. The van der Waals surface area contributed by atoms with E-state index in [1.807, 2.05) is 13.8 Å². The molecule has 1 atom stereocenters. The Balaban J connectivity index is 2.47. The molecule has 18 heavy (non-hydrogen) atoms. The van der Waals surface area contributed by atoms with Gasteiger partial charge in [-0.25, -0.2) is 0 Å². The van der Waals surface area contributed by atoms with Crippen molar-refractivity contribution < 1.29 is 9.59 Å². The summed E-state index contributed by atoms with van der Waals surface area (Å²) in [6.07, 6.45) is 3.71. The van der Waals surface area contributed by atoms with Crippen LogP contribution in [0.1, 0.15) is 39.5 Å². The Morgan fingerprint density at radius 2 is 2.11 bits per heavy atom. The molecule has 0 radical (unpaired) electrons. The van der Waals surface area contributed by atoms with Gasteiger partial charge < -0.3 is 15.5 Å². The average Bonchev–Trinajstić information content (AvgIpc) is 2.88. The summed E-state index contributed by atoms with van der Waals surface area (Å²) in [7, 11) is 0. The summed E-state index contributed by atoms with van der Waals surface area (Å²) < 4.78 is 0. The molecule has 1 saturated heterocycles. The zero-order chi connectivity index (χ0) is 13.4. The molecule has 1 aliphatic heterocycles. The average molecular weight is 255 g/mol. The minimum atomic E-state index is -0.0875. The summed E-state index contributed by atoms with van der Waals surface area (Å²) in [6, 6.07) is -0.0875. The van der Waals surface area contributed by atoms with E-state index in [4.69, 9.17) is 0 Å². The number of rotatable bonds is 7. The van der Waals surface area contributed by atoms with Crippen LogP contribution in [0, 0.1) is 0 Å². The SMILES string of the molecule is CCCNC(=O)CN(CCC)C(=O)[C@@H]1CCCN1. The molecule has 1 heterocycles. The Kier molecular flexibility index (Phi) is 6.72. The molecule has 0 spiro atoms. The quantitative estimate of drug-likeness (QED) is 0.696. The molecule has 0 aromatic carbocycles. The van der Waals surface area contributed by atoms with Crippen molar-refractivity contribution in [1.82, 2.24) is 15.5 Å². The van der Waals surface area contributed by atoms with Gasteiger partial charge in [-0.05, 0) is 32.2 Å². The highest BCUT2D eigenvalue weighted by atomic mass is 16.2. The van der Waals surface area contributed by atoms with Crippen LogP contribution in [-0.4, -0.2) is 48.9 Å². The number of hydrogen-bond donors (Lipinski definition) is 2. The maximum atomic E-state index is 12.2. The van der Waals surface area contributed by atoms with Crippen molar-refractivity contribution >= 4 is 11.8 Å². The lowest BCUT2D eigenvalue weighted by Gasteiger charge is -2.24. The standard InChI is InChI=1S/C13H25N3O2/c1-3-7-15-12(17)10-16(9-4-2)13(18)11-6-5-8-14-11/h11,14H,3-10H2,1-2H3,(H,15,17)/t11-/m0/s1. The van der Waals surface area contributed by atoms with E-state index in [1.165, 1.54) is 0 Å². The van der Waals surface area contributed by atoms with Crippen LogP contribution in [0.15, 0.2) is 0 Å². The number of carbonyl (C=O) groups is 2. The number of carbonyl (C=O) groups excluding carboxylic acids is 2. The second-order valence-electron chi connectivity index (χ2n) is 4.76. The van der Waals surface area contributed by atoms with E-state index < -0.39 is 0 Å². The molecule has 0 aromatic rings. The highest BCUT2D eigenvalue weighted by Crippen LogP contribution is 2.09. The molecule has 5 heteroatoms. The second-order valence-corrected chi connectivity index (χ2v) is 4.76. The topological polar surface area (TPSA) is 61.4 Å². The lowest BCUT2D eigenvalue weighted by Crippen LogP contribution is -2.48. The van der Waals surface area contributed by atoms with Crippen LogP contribution in [0.4, 0.5) is 0 Å². The van der Waals surface area contributed by atoms with E-state index in [-0.39, 0.29) is 24.4 Å². The van der Waals surface area contributed by atoms with E-state index in [0.29, 0.717) is 13.1 Å². The zero-order valence-electron chi connectivity index (χ0n) is 11.5. The van der Waals surface area contributed by atoms with E-state index in [0.717, 1.165) is 32.2 Å². The van der Waals surface area contributed by atoms with Gasteiger partial charge in [-0.15, -0.1) is 0 Å². The van der Waals surface area contributed by atoms with Crippen LogP contribution in [0.2, 0.25) is 0 Å². The molecule has 104 valence electrons. The summed E-state index contributed by atoms with van der Waals surface area (Å²) in [4.78, 5) is 25.6. The fourth-order valence-corrected chi connectivity index (χ4v) is 2.15. The van der Waals surface area contributed by atoms with Gasteiger partial charge in [0.25, 0.3) is 0 Å². The molecule has 2 N–H and O–H groups in total. The van der Waals surface area contributed by atoms with Gasteiger partial charge in [-0.1, -0.05) is 13.8 Å². The van der Waals surface area contributed by atoms with Gasteiger partial charge in [-0.3, -0.25) is 9.59 Å². The third-order valence-electron chi connectivity index (χ3n) is 3.07. The van der Waals surface area contributed by atoms with Crippen molar-refractivity contribution in [2.75, 3.05) is 26.2 Å². The maximum Gasteiger partial charge on any atom is 0.240 e. The first-order valence-electron chi connectivity index (χ1n) is 6.97. The molecule has 0 saturated carbocycles. The summed E-state index contributed by atoms with van der Waals surface area (Å²) in [6.45, 7) is 6.44. The molecule has 1 fully saturated rings. The van der Waals surface area contributed by atoms with Crippen molar-refractivity contribution in [3.8, 4) is 0 Å². The Morgan fingerprint density at radius 1 is 1.33 bits per heavy atom. The largest absolute Gasteiger partial charge is 0.355 e. The first-order chi connectivity index (χ1) is 8.69. The van der Waals surface area contributed by atoms with Crippen molar-refractivity contribution in [3.05, 3.63) is 0 Å². The van der Waals surface area contributed by atoms with Gasteiger partial charge >= 0.3 is 0 Å². The Hall–Kier alpha value is -1.10. The first-order valence-corrected chi connectivity index (χ1v) is 6.97. The van der Waals surface area contributed by atoms with Crippen LogP contribution >= 0.6 is 0 Å². The third kappa shape index (κ3) is 4.64. The maximum absolute atomic E-state index is 12.2. The van der Waals surface area contributed by atoms with Crippen molar-refractivity contribution in [2.24, 2.45) is 0 Å². The molecule has 2 amide bonds. The molecule has 5 nitrogen and oxygen atoms in total. The van der Waals surface area contributed by atoms with Crippen LogP contribution < -0.4 is 10.6 Å². The van der Waals surface area contributed by atoms with Crippen LogP contribution in [0.25, 0.3) is 0 Å².